The van der Waals surface area contributed by atoms with E-state index in [-0.39, 0.29) is 5.60 Å². The molecule has 0 amide bonds. The minimum Gasteiger partial charge on any atom is -0.462 e. The summed E-state index contributed by atoms with van der Waals surface area (Å²) in [5, 5.41) is 3.40. The van der Waals surface area contributed by atoms with Crippen LogP contribution in [0.1, 0.15) is 51.2 Å². The monoisotopic (exact) mass is 297 g/mol. The van der Waals surface area contributed by atoms with Gasteiger partial charge in [-0.25, -0.2) is 0 Å². The molecule has 0 radical (unpaired) electrons. The van der Waals surface area contributed by atoms with Crippen molar-refractivity contribution in [1.82, 2.24) is 5.32 Å². The van der Waals surface area contributed by atoms with Gasteiger partial charge in [0.25, 0.3) is 0 Å². The number of hydrogen-bond acceptors (Lipinski definition) is 4. The highest BCUT2D eigenvalue weighted by Crippen LogP contribution is 2.17. The Balaban J connectivity index is 2.33. The van der Waals surface area contributed by atoms with Crippen molar-refractivity contribution in [3.63, 3.8) is 0 Å². The van der Waals surface area contributed by atoms with Crippen LogP contribution in [0.4, 0.5) is 0 Å². The molecule has 0 aliphatic heterocycles. The molecule has 122 valence electrons. The largest absolute Gasteiger partial charge is 0.462 e. The van der Waals surface area contributed by atoms with E-state index >= 15 is 0 Å². The molecule has 21 heavy (non-hydrogen) atoms. The lowest BCUT2D eigenvalue weighted by atomic mass is 10.1. The predicted molar refractivity (Wildman–Crippen MR) is 85.4 cm³/mol. The van der Waals surface area contributed by atoms with Crippen LogP contribution in [0.2, 0.25) is 0 Å². The van der Waals surface area contributed by atoms with Gasteiger partial charge in [-0.1, -0.05) is 13.8 Å². The van der Waals surface area contributed by atoms with Crippen molar-refractivity contribution in [2.24, 2.45) is 5.92 Å². The summed E-state index contributed by atoms with van der Waals surface area (Å²) in [5.74, 6) is 2.54. The average molecular weight is 297 g/mol. The quantitative estimate of drug-likeness (QED) is 0.669. The molecule has 1 aromatic rings. The maximum absolute atomic E-state index is 5.84. The molecular weight excluding hydrogens is 266 g/mol. The first-order valence-corrected chi connectivity index (χ1v) is 7.76. The van der Waals surface area contributed by atoms with Crippen molar-refractivity contribution in [1.29, 1.82) is 0 Å². The number of methoxy groups -OCH3 is 1. The summed E-state index contributed by atoms with van der Waals surface area (Å²) in [6, 6.07) is 2.06. The summed E-state index contributed by atoms with van der Waals surface area (Å²) in [4.78, 5) is 0. The first-order chi connectivity index (χ1) is 9.84. The molecule has 0 atom stereocenters. The highest BCUT2D eigenvalue weighted by Gasteiger charge is 2.16. The van der Waals surface area contributed by atoms with Crippen LogP contribution >= 0.6 is 0 Å². The Labute approximate surface area is 129 Å². The summed E-state index contributed by atoms with van der Waals surface area (Å²) in [7, 11) is 1.73. The highest BCUT2D eigenvalue weighted by molar-refractivity contribution is 5.19. The number of nitrogens with one attached hydrogen (secondary N) is 1. The van der Waals surface area contributed by atoms with Crippen molar-refractivity contribution in [2.75, 3.05) is 20.3 Å². The van der Waals surface area contributed by atoms with Crippen LogP contribution < -0.4 is 5.32 Å². The van der Waals surface area contributed by atoms with Crippen molar-refractivity contribution >= 4 is 0 Å². The van der Waals surface area contributed by atoms with Crippen LogP contribution in [0.3, 0.4) is 0 Å². The Morgan fingerprint density at radius 1 is 1.33 bits per heavy atom. The van der Waals surface area contributed by atoms with Crippen LogP contribution in [0.15, 0.2) is 10.5 Å². The molecular formula is C17H31NO3. The molecule has 0 fully saturated rings. The predicted octanol–water partition coefficient (Wildman–Crippen LogP) is 3.67. The minimum atomic E-state index is -0.134. The Kier molecular flexibility index (Phi) is 7.43. The maximum Gasteiger partial charge on any atom is 0.130 e. The summed E-state index contributed by atoms with van der Waals surface area (Å²) < 4.78 is 16.9. The van der Waals surface area contributed by atoms with Crippen molar-refractivity contribution in [2.45, 2.75) is 59.8 Å². The van der Waals surface area contributed by atoms with Gasteiger partial charge < -0.3 is 19.2 Å². The Morgan fingerprint density at radius 3 is 2.67 bits per heavy atom. The van der Waals surface area contributed by atoms with Crippen LogP contribution in [0.25, 0.3) is 0 Å². The lowest BCUT2D eigenvalue weighted by Crippen LogP contribution is -2.24. The van der Waals surface area contributed by atoms with E-state index in [1.807, 2.05) is 0 Å². The molecule has 1 heterocycles. The fourth-order valence-electron chi connectivity index (χ4n) is 1.90. The zero-order chi connectivity index (χ0) is 15.9. The Bertz CT molecular complexity index is 410. The molecule has 0 spiro atoms. The van der Waals surface area contributed by atoms with Crippen molar-refractivity contribution in [3.05, 3.63) is 23.2 Å². The normalized spacial score (nSPS) is 12.3. The van der Waals surface area contributed by atoms with E-state index < -0.39 is 0 Å². The molecule has 0 aliphatic carbocycles. The second kappa shape index (κ2) is 8.57. The maximum atomic E-state index is 5.84. The van der Waals surface area contributed by atoms with Gasteiger partial charge in [0.1, 0.15) is 18.1 Å². The number of rotatable bonds is 10. The highest BCUT2D eigenvalue weighted by atomic mass is 16.5. The van der Waals surface area contributed by atoms with E-state index in [0.29, 0.717) is 19.1 Å². The zero-order valence-electron chi connectivity index (χ0n) is 14.4. The summed E-state index contributed by atoms with van der Waals surface area (Å²) >= 11 is 0. The third-order valence-electron chi connectivity index (χ3n) is 3.56. The Morgan fingerprint density at radius 2 is 2.05 bits per heavy atom. The van der Waals surface area contributed by atoms with E-state index in [0.717, 1.165) is 31.0 Å². The lowest BCUT2D eigenvalue weighted by Gasteiger charge is -2.22. The van der Waals surface area contributed by atoms with Gasteiger partial charge in [0.2, 0.25) is 0 Å². The van der Waals surface area contributed by atoms with E-state index in [9.17, 15) is 0 Å². The number of hydrogen-bond donors (Lipinski definition) is 1. The molecule has 1 rings (SSSR count). The molecule has 4 heteroatoms. The standard InChI is InChI=1S/C17H31NO3/c1-13(2)10-18-11-16-14(3)9-15(21-16)12-20-8-7-17(4,5)19-6/h9,13,18H,7-8,10-12H2,1-6H3. The average Bonchev–Trinajstić information content (AvgIpc) is 2.75. The van der Waals surface area contributed by atoms with Gasteiger partial charge in [0, 0.05) is 13.7 Å². The minimum absolute atomic E-state index is 0.134. The van der Waals surface area contributed by atoms with Gasteiger partial charge in [0.05, 0.1) is 12.1 Å². The topological polar surface area (TPSA) is 43.6 Å². The molecule has 0 saturated carbocycles. The Hall–Kier alpha value is -0.840. The lowest BCUT2D eigenvalue weighted by molar-refractivity contribution is -0.0144. The molecule has 0 saturated heterocycles. The number of ether oxygens (including phenoxy) is 2. The SMILES string of the molecule is COC(C)(C)CCOCc1cc(C)c(CNCC(C)C)o1. The van der Waals surface area contributed by atoms with E-state index in [2.05, 4.69) is 46.0 Å². The second-order valence-electron chi connectivity index (χ2n) is 6.61. The van der Waals surface area contributed by atoms with Gasteiger partial charge in [-0.2, -0.15) is 0 Å². The van der Waals surface area contributed by atoms with Gasteiger partial charge in [0.15, 0.2) is 0 Å². The van der Waals surface area contributed by atoms with Gasteiger partial charge >= 0.3 is 0 Å². The second-order valence-corrected chi connectivity index (χ2v) is 6.61. The number of furan rings is 1. The fourth-order valence-corrected chi connectivity index (χ4v) is 1.90. The van der Waals surface area contributed by atoms with Crippen LogP contribution in [-0.4, -0.2) is 25.9 Å². The molecule has 0 aliphatic rings. The van der Waals surface area contributed by atoms with E-state index in [4.69, 9.17) is 13.9 Å². The first kappa shape index (κ1) is 18.2. The van der Waals surface area contributed by atoms with Crippen LogP contribution in [0.5, 0.6) is 0 Å². The molecule has 4 nitrogen and oxygen atoms in total. The van der Waals surface area contributed by atoms with Crippen LogP contribution in [0, 0.1) is 12.8 Å². The summed E-state index contributed by atoms with van der Waals surface area (Å²) in [5.41, 5.74) is 1.05. The fraction of sp³-hybridized carbons (Fsp3) is 0.765. The van der Waals surface area contributed by atoms with Gasteiger partial charge in [-0.15, -0.1) is 0 Å². The smallest absolute Gasteiger partial charge is 0.130 e. The molecule has 1 aromatic heterocycles. The third kappa shape index (κ3) is 7.11. The zero-order valence-corrected chi connectivity index (χ0v) is 14.4. The molecule has 0 aromatic carbocycles. The molecule has 0 bridgehead atoms. The summed E-state index contributed by atoms with van der Waals surface area (Å²) in [6.07, 6.45) is 0.867. The molecule has 0 unspecified atom stereocenters. The van der Waals surface area contributed by atoms with E-state index in [1.54, 1.807) is 7.11 Å². The van der Waals surface area contributed by atoms with Crippen LogP contribution in [-0.2, 0) is 22.6 Å². The first-order valence-electron chi connectivity index (χ1n) is 7.76. The third-order valence-corrected chi connectivity index (χ3v) is 3.56. The summed E-state index contributed by atoms with van der Waals surface area (Å²) in [6.45, 7) is 13.6. The van der Waals surface area contributed by atoms with Gasteiger partial charge in [-0.3, -0.25) is 0 Å². The van der Waals surface area contributed by atoms with Crippen molar-refractivity contribution < 1.29 is 13.9 Å². The molecule has 1 N–H and O–H groups in total. The van der Waals surface area contributed by atoms with Gasteiger partial charge in [-0.05, 0) is 51.3 Å². The number of aryl methyl sites for hydroxylation is 1. The van der Waals surface area contributed by atoms with E-state index in [1.165, 1.54) is 5.56 Å². The van der Waals surface area contributed by atoms with Crippen molar-refractivity contribution in [3.8, 4) is 0 Å².